The fourth-order valence-electron chi connectivity index (χ4n) is 5.20. The summed E-state index contributed by atoms with van der Waals surface area (Å²) in [4.78, 5) is 35.6. The van der Waals surface area contributed by atoms with Crippen molar-refractivity contribution in [2.75, 3.05) is 52.5 Å². The Balaban J connectivity index is 1.75. The van der Waals surface area contributed by atoms with Crippen LogP contribution in [0.5, 0.6) is 0 Å². The Morgan fingerprint density at radius 3 is 2.37 bits per heavy atom. The minimum Gasteiger partial charge on any atom is -0.449 e. The topological polar surface area (TPSA) is 119 Å². The number of hydrogen-bond acceptors (Lipinski definition) is 7. The normalized spacial score (nSPS) is 21.3. The maximum Gasteiger partial charge on any atom is 0.413 e. The highest BCUT2D eigenvalue weighted by Gasteiger charge is 2.39. The average molecular weight is 533 g/mol. The van der Waals surface area contributed by atoms with Crippen LogP contribution >= 0.6 is 0 Å². The van der Waals surface area contributed by atoms with E-state index in [4.69, 9.17) is 14.5 Å². The van der Waals surface area contributed by atoms with Crippen molar-refractivity contribution in [2.45, 2.75) is 90.6 Å². The van der Waals surface area contributed by atoms with Gasteiger partial charge in [0.1, 0.15) is 11.6 Å². The summed E-state index contributed by atoms with van der Waals surface area (Å²) in [5.74, 6) is 0.369. The molecule has 0 spiro atoms. The van der Waals surface area contributed by atoms with Crippen LogP contribution in [-0.2, 0) is 14.3 Å². The monoisotopic (exact) mass is 532 g/mol. The maximum atomic E-state index is 13.6. The fourth-order valence-corrected chi connectivity index (χ4v) is 5.20. The number of hydrogen-bond donors (Lipinski definition) is 2. The first-order valence-corrected chi connectivity index (χ1v) is 14.4. The molecular formula is C28H48N6O4. The summed E-state index contributed by atoms with van der Waals surface area (Å²) in [5, 5.41) is 15.7. The van der Waals surface area contributed by atoms with Crippen molar-refractivity contribution in [1.29, 1.82) is 5.26 Å². The van der Waals surface area contributed by atoms with Crippen LogP contribution in [0.25, 0.3) is 0 Å². The molecule has 1 aliphatic carbocycles. The van der Waals surface area contributed by atoms with Crippen LogP contribution in [0.3, 0.4) is 0 Å². The largest absolute Gasteiger partial charge is 0.449 e. The summed E-state index contributed by atoms with van der Waals surface area (Å²) in [6, 6.07) is 1.59. The van der Waals surface area contributed by atoms with Crippen molar-refractivity contribution < 1.29 is 19.1 Å². The second kappa shape index (κ2) is 14.1. The van der Waals surface area contributed by atoms with Gasteiger partial charge < -0.3 is 24.6 Å². The zero-order chi connectivity index (χ0) is 27.6. The summed E-state index contributed by atoms with van der Waals surface area (Å²) in [6.07, 6.45) is 6.31. The number of amides is 2. The summed E-state index contributed by atoms with van der Waals surface area (Å²) >= 11 is 0. The van der Waals surface area contributed by atoms with Gasteiger partial charge in [-0.05, 0) is 75.8 Å². The standard InChI is InChI=1S/C28H48N6O4/c1-22(2)27(3,4)20-23(24(35)32-28(21-29)10-5-6-11-28)30-25(34-15-18-37-19-16-34)31-26(36)38-17-9-14-33-12-7-8-13-33/h22-23H,5-20H2,1-4H3,(H,32,35)(H,30,31,36)/t23-/m0/s1. The van der Waals surface area contributed by atoms with Crippen LogP contribution in [0.2, 0.25) is 0 Å². The minimum absolute atomic E-state index is 0.187. The summed E-state index contributed by atoms with van der Waals surface area (Å²) in [7, 11) is 0. The van der Waals surface area contributed by atoms with Gasteiger partial charge in [-0.25, -0.2) is 9.79 Å². The van der Waals surface area contributed by atoms with Crippen LogP contribution in [0.15, 0.2) is 4.99 Å². The van der Waals surface area contributed by atoms with Crippen molar-refractivity contribution in [3.05, 3.63) is 0 Å². The first kappa shape index (κ1) is 30.2. The summed E-state index contributed by atoms with van der Waals surface area (Å²) < 4.78 is 11.0. The van der Waals surface area contributed by atoms with E-state index < -0.39 is 17.7 Å². The van der Waals surface area contributed by atoms with Crippen LogP contribution < -0.4 is 10.6 Å². The van der Waals surface area contributed by atoms with E-state index in [1.54, 1.807) is 0 Å². The highest BCUT2D eigenvalue weighted by molar-refractivity contribution is 5.96. The second-order valence-corrected chi connectivity index (χ2v) is 12.0. The minimum atomic E-state index is -0.840. The Bertz CT molecular complexity index is 850. The summed E-state index contributed by atoms with van der Waals surface area (Å²) in [5.41, 5.74) is -1.03. The van der Waals surface area contributed by atoms with Gasteiger partial charge >= 0.3 is 6.09 Å². The molecule has 2 heterocycles. The molecule has 2 amide bonds. The number of carbonyl (C=O) groups excluding carboxylic acids is 2. The SMILES string of the molecule is CC(C)C(C)(C)C[C@H](N=C(NC(=O)OCCCN1CCCC1)N1CCOCC1)C(=O)NC1(C#N)CCCC1. The Morgan fingerprint density at radius 2 is 1.76 bits per heavy atom. The molecular weight excluding hydrogens is 484 g/mol. The van der Waals surface area contributed by atoms with Crippen LogP contribution in [-0.4, -0.2) is 91.9 Å². The average Bonchev–Trinajstić information content (AvgIpc) is 3.59. The molecule has 0 aromatic rings. The highest BCUT2D eigenvalue weighted by atomic mass is 16.5. The predicted molar refractivity (Wildman–Crippen MR) is 147 cm³/mol. The molecule has 38 heavy (non-hydrogen) atoms. The number of alkyl carbamates (subject to hydrolysis) is 1. The molecule has 10 nitrogen and oxygen atoms in total. The van der Waals surface area contributed by atoms with Crippen molar-refractivity contribution in [1.82, 2.24) is 20.4 Å². The van der Waals surface area contributed by atoms with E-state index in [1.807, 2.05) is 4.90 Å². The number of guanidine groups is 1. The van der Waals surface area contributed by atoms with Gasteiger partial charge in [0.25, 0.3) is 0 Å². The van der Waals surface area contributed by atoms with Gasteiger partial charge in [-0.15, -0.1) is 0 Å². The molecule has 1 saturated carbocycles. The molecule has 2 N–H and O–H groups in total. The molecule has 3 rings (SSSR count). The Labute approximate surface area is 228 Å². The van der Waals surface area contributed by atoms with E-state index >= 15 is 0 Å². The third-order valence-corrected chi connectivity index (χ3v) is 8.47. The number of carbonyl (C=O) groups is 2. The van der Waals surface area contributed by atoms with Crippen molar-refractivity contribution in [3.8, 4) is 6.07 Å². The predicted octanol–water partition coefficient (Wildman–Crippen LogP) is 3.28. The summed E-state index contributed by atoms with van der Waals surface area (Å²) in [6.45, 7) is 14.1. The van der Waals surface area contributed by atoms with Gasteiger partial charge in [-0.3, -0.25) is 10.1 Å². The number of ether oxygens (including phenoxy) is 2. The van der Waals surface area contributed by atoms with Gasteiger partial charge in [0.05, 0.1) is 25.9 Å². The van der Waals surface area contributed by atoms with Gasteiger partial charge in [-0.1, -0.05) is 27.7 Å². The molecule has 10 heteroatoms. The maximum absolute atomic E-state index is 13.6. The molecule has 0 radical (unpaired) electrons. The number of rotatable bonds is 10. The fraction of sp³-hybridized carbons (Fsp3) is 0.857. The van der Waals surface area contributed by atoms with Crippen LogP contribution in [0.4, 0.5) is 4.79 Å². The van der Waals surface area contributed by atoms with E-state index in [1.165, 1.54) is 12.8 Å². The molecule has 0 unspecified atom stereocenters. The van der Waals surface area contributed by atoms with E-state index in [0.29, 0.717) is 64.1 Å². The van der Waals surface area contributed by atoms with Crippen molar-refractivity contribution >= 4 is 18.0 Å². The molecule has 2 aliphatic heterocycles. The number of likely N-dealkylation sites (tertiary alicyclic amines) is 1. The van der Waals surface area contributed by atoms with Gasteiger partial charge in [0.2, 0.25) is 11.9 Å². The smallest absolute Gasteiger partial charge is 0.413 e. The van der Waals surface area contributed by atoms with E-state index in [9.17, 15) is 14.9 Å². The van der Waals surface area contributed by atoms with Crippen molar-refractivity contribution in [2.24, 2.45) is 16.3 Å². The molecule has 0 bridgehead atoms. The second-order valence-electron chi connectivity index (χ2n) is 12.0. The van der Waals surface area contributed by atoms with Gasteiger partial charge in [0, 0.05) is 19.6 Å². The lowest BCUT2D eigenvalue weighted by atomic mass is 9.76. The number of nitrogens with one attached hydrogen (secondary N) is 2. The highest BCUT2D eigenvalue weighted by Crippen LogP contribution is 2.34. The molecule has 1 atom stereocenters. The molecule has 3 aliphatic rings. The zero-order valence-electron chi connectivity index (χ0n) is 23.9. The van der Waals surface area contributed by atoms with Crippen molar-refractivity contribution in [3.63, 3.8) is 0 Å². The molecule has 3 fully saturated rings. The number of nitriles is 1. The Morgan fingerprint density at radius 1 is 1.11 bits per heavy atom. The molecule has 214 valence electrons. The number of morpholine rings is 1. The molecule has 0 aromatic carbocycles. The van der Waals surface area contributed by atoms with Gasteiger partial charge in [0.15, 0.2) is 0 Å². The van der Waals surface area contributed by atoms with E-state index in [0.717, 1.165) is 38.9 Å². The van der Waals surface area contributed by atoms with Crippen LogP contribution in [0.1, 0.15) is 79.1 Å². The lowest BCUT2D eigenvalue weighted by Gasteiger charge is -2.34. The number of aliphatic imine (C=N–C) groups is 1. The third kappa shape index (κ3) is 8.84. The van der Waals surface area contributed by atoms with Gasteiger partial charge in [-0.2, -0.15) is 5.26 Å². The quantitative estimate of drug-likeness (QED) is 0.252. The molecule has 0 aromatic heterocycles. The Kier molecular flexibility index (Phi) is 11.2. The lowest BCUT2D eigenvalue weighted by Crippen LogP contribution is -2.53. The third-order valence-electron chi connectivity index (χ3n) is 8.47. The molecule has 2 saturated heterocycles. The number of nitrogens with zero attached hydrogens (tertiary/aromatic N) is 4. The van der Waals surface area contributed by atoms with E-state index in [-0.39, 0.29) is 11.3 Å². The first-order valence-electron chi connectivity index (χ1n) is 14.4. The van der Waals surface area contributed by atoms with E-state index in [2.05, 4.69) is 49.3 Å². The zero-order valence-corrected chi connectivity index (χ0v) is 23.9. The van der Waals surface area contributed by atoms with Crippen LogP contribution in [0, 0.1) is 22.7 Å². The Hall–Kier alpha value is -2.38. The lowest BCUT2D eigenvalue weighted by molar-refractivity contribution is -0.124. The first-order chi connectivity index (χ1) is 18.1.